The van der Waals surface area contributed by atoms with Crippen LogP contribution >= 0.6 is 35.6 Å². The zero-order valence-electron chi connectivity index (χ0n) is 14.4. The number of carbonyl (C=O) groups excluding carboxylic acids is 2. The zero-order valence-corrected chi connectivity index (χ0v) is 16.8. The third-order valence-electron chi connectivity index (χ3n) is 4.57. The van der Waals surface area contributed by atoms with Crippen molar-refractivity contribution in [2.24, 2.45) is 0 Å². The van der Waals surface area contributed by atoms with Crippen LogP contribution < -0.4 is 5.32 Å². The van der Waals surface area contributed by atoms with Gasteiger partial charge >= 0.3 is 0 Å². The summed E-state index contributed by atoms with van der Waals surface area (Å²) in [5, 5.41) is 3.67. The molecule has 1 aromatic carbocycles. The van der Waals surface area contributed by atoms with Gasteiger partial charge in [0, 0.05) is 24.0 Å². The molecule has 3 rings (SSSR count). The van der Waals surface area contributed by atoms with E-state index in [0.717, 1.165) is 18.4 Å². The largest absolute Gasteiger partial charge is 0.353 e. The first-order valence-corrected chi connectivity index (χ1v) is 10.4. The van der Waals surface area contributed by atoms with E-state index in [2.05, 4.69) is 5.32 Å². The van der Waals surface area contributed by atoms with E-state index in [1.807, 2.05) is 18.2 Å². The monoisotopic (exact) mass is 408 g/mol. The van der Waals surface area contributed by atoms with Crippen LogP contribution in [-0.4, -0.2) is 33.6 Å². The second kappa shape index (κ2) is 9.02. The number of nitrogens with one attached hydrogen (secondary N) is 1. The summed E-state index contributed by atoms with van der Waals surface area (Å²) in [7, 11) is 0. The van der Waals surface area contributed by atoms with Gasteiger partial charge in [0.05, 0.1) is 4.91 Å². The van der Waals surface area contributed by atoms with E-state index in [1.165, 1.54) is 24.6 Å². The van der Waals surface area contributed by atoms with Crippen molar-refractivity contribution < 1.29 is 9.59 Å². The van der Waals surface area contributed by atoms with Gasteiger partial charge in [-0.2, -0.15) is 0 Å². The van der Waals surface area contributed by atoms with Crippen LogP contribution in [0.4, 0.5) is 0 Å². The van der Waals surface area contributed by atoms with E-state index in [9.17, 15) is 9.59 Å². The highest BCUT2D eigenvalue weighted by Crippen LogP contribution is 2.33. The van der Waals surface area contributed by atoms with Gasteiger partial charge in [-0.3, -0.25) is 14.5 Å². The number of thioether (sulfide) groups is 1. The Bertz CT molecular complexity index is 745. The van der Waals surface area contributed by atoms with E-state index in [-0.39, 0.29) is 11.8 Å². The summed E-state index contributed by atoms with van der Waals surface area (Å²) in [6.45, 7) is 0.461. The number of nitrogens with zero attached hydrogens (tertiary/aromatic N) is 1. The van der Waals surface area contributed by atoms with Crippen molar-refractivity contribution in [1.82, 2.24) is 10.2 Å². The molecule has 138 valence electrons. The highest BCUT2D eigenvalue weighted by molar-refractivity contribution is 8.26. The molecule has 0 spiro atoms. The molecule has 0 radical (unpaired) electrons. The Morgan fingerprint density at radius 3 is 2.81 bits per heavy atom. The molecule has 0 bridgehead atoms. The molecule has 7 heteroatoms. The first-order chi connectivity index (χ1) is 12.5. The second-order valence-electron chi connectivity index (χ2n) is 6.51. The summed E-state index contributed by atoms with van der Waals surface area (Å²) >= 11 is 12.8. The molecular formula is C19H21ClN2O2S2. The molecule has 2 fully saturated rings. The molecule has 2 amide bonds. The summed E-state index contributed by atoms with van der Waals surface area (Å²) in [6.07, 6.45) is 7.33. The van der Waals surface area contributed by atoms with E-state index in [4.69, 9.17) is 23.8 Å². The Labute approximate surface area is 168 Å². The maximum Gasteiger partial charge on any atom is 0.266 e. The standard InChI is InChI=1S/C19H21ClN2O2S2/c20-15-9-4-1-6-13(15)12-16-18(24)22(19(25)26-16)11-5-10-17(23)21-14-7-2-3-8-14/h1,4,6,9,12,14H,2-3,5,7-8,10-11H2,(H,21,23)/b16-12-. The number of halogens is 1. The smallest absolute Gasteiger partial charge is 0.266 e. The minimum Gasteiger partial charge on any atom is -0.353 e. The van der Waals surface area contributed by atoms with Gasteiger partial charge < -0.3 is 5.32 Å². The molecule has 0 unspecified atom stereocenters. The molecule has 2 aliphatic rings. The molecule has 1 saturated carbocycles. The number of hydrogen-bond donors (Lipinski definition) is 1. The van der Waals surface area contributed by atoms with Gasteiger partial charge in [-0.25, -0.2) is 0 Å². The highest BCUT2D eigenvalue weighted by Gasteiger charge is 2.31. The predicted octanol–water partition coefficient (Wildman–Crippen LogP) is 4.38. The van der Waals surface area contributed by atoms with Crippen LogP contribution in [0.2, 0.25) is 5.02 Å². The number of hydrogen-bond acceptors (Lipinski definition) is 4. The minimum atomic E-state index is -0.115. The van der Waals surface area contributed by atoms with Crippen LogP contribution in [0.3, 0.4) is 0 Å². The van der Waals surface area contributed by atoms with Crippen molar-refractivity contribution >= 4 is 57.8 Å². The normalized spacial score (nSPS) is 19.6. The Morgan fingerprint density at radius 2 is 2.08 bits per heavy atom. The summed E-state index contributed by atoms with van der Waals surface area (Å²) in [6, 6.07) is 7.71. The Balaban J connectivity index is 1.52. The molecule has 26 heavy (non-hydrogen) atoms. The van der Waals surface area contributed by atoms with Gasteiger partial charge in [-0.1, -0.05) is 66.6 Å². The SMILES string of the molecule is O=C(CCCN1C(=O)/C(=C/c2ccccc2Cl)SC1=S)NC1CCCC1. The highest BCUT2D eigenvalue weighted by atomic mass is 35.5. The number of rotatable bonds is 6. The van der Waals surface area contributed by atoms with Crippen molar-refractivity contribution in [3.05, 3.63) is 39.8 Å². The average Bonchev–Trinajstić information content (AvgIpc) is 3.20. The fourth-order valence-corrected chi connectivity index (χ4v) is 4.68. The molecule has 1 aliphatic heterocycles. The van der Waals surface area contributed by atoms with Gasteiger partial charge in [0.1, 0.15) is 4.32 Å². The van der Waals surface area contributed by atoms with Gasteiger partial charge in [0.2, 0.25) is 5.91 Å². The van der Waals surface area contributed by atoms with Crippen LogP contribution in [-0.2, 0) is 9.59 Å². The van der Waals surface area contributed by atoms with Gasteiger partial charge in [0.25, 0.3) is 5.91 Å². The molecule has 1 aromatic rings. The lowest BCUT2D eigenvalue weighted by molar-refractivity contribution is -0.124. The lowest BCUT2D eigenvalue weighted by Crippen LogP contribution is -2.34. The summed E-state index contributed by atoms with van der Waals surface area (Å²) in [4.78, 5) is 26.7. The molecule has 0 aromatic heterocycles. The lowest BCUT2D eigenvalue weighted by atomic mass is 10.2. The van der Waals surface area contributed by atoms with Crippen LogP contribution in [0.5, 0.6) is 0 Å². The van der Waals surface area contributed by atoms with Crippen LogP contribution in [0, 0.1) is 0 Å². The maximum atomic E-state index is 12.6. The molecule has 1 saturated heterocycles. The van der Waals surface area contributed by atoms with Gasteiger partial charge in [-0.05, 0) is 37.0 Å². The van der Waals surface area contributed by atoms with E-state index in [1.54, 1.807) is 17.0 Å². The van der Waals surface area contributed by atoms with Crippen molar-refractivity contribution in [2.75, 3.05) is 6.54 Å². The number of carbonyl (C=O) groups is 2. The van der Waals surface area contributed by atoms with Gasteiger partial charge in [0.15, 0.2) is 0 Å². The molecular weight excluding hydrogens is 388 g/mol. The van der Waals surface area contributed by atoms with Crippen molar-refractivity contribution in [2.45, 2.75) is 44.6 Å². The summed E-state index contributed by atoms with van der Waals surface area (Å²) in [5.41, 5.74) is 0.797. The van der Waals surface area contributed by atoms with Crippen molar-refractivity contribution in [1.29, 1.82) is 0 Å². The van der Waals surface area contributed by atoms with E-state index < -0.39 is 0 Å². The average molecular weight is 409 g/mol. The molecule has 1 aliphatic carbocycles. The van der Waals surface area contributed by atoms with Crippen molar-refractivity contribution in [3.8, 4) is 0 Å². The number of thiocarbonyl (C=S) groups is 1. The van der Waals surface area contributed by atoms with Crippen molar-refractivity contribution in [3.63, 3.8) is 0 Å². The molecule has 4 nitrogen and oxygen atoms in total. The Hall–Kier alpha value is -1.37. The fourth-order valence-electron chi connectivity index (χ4n) is 3.19. The topological polar surface area (TPSA) is 49.4 Å². The van der Waals surface area contributed by atoms with Crippen LogP contribution in [0.25, 0.3) is 6.08 Å². The quantitative estimate of drug-likeness (QED) is 0.560. The second-order valence-corrected chi connectivity index (χ2v) is 8.59. The van der Waals surface area contributed by atoms with E-state index in [0.29, 0.717) is 39.7 Å². The predicted molar refractivity (Wildman–Crippen MR) is 111 cm³/mol. The number of benzene rings is 1. The maximum absolute atomic E-state index is 12.6. The minimum absolute atomic E-state index is 0.0638. The zero-order chi connectivity index (χ0) is 18.5. The van der Waals surface area contributed by atoms with Gasteiger partial charge in [-0.15, -0.1) is 0 Å². The number of amides is 2. The lowest BCUT2D eigenvalue weighted by Gasteiger charge is -2.15. The summed E-state index contributed by atoms with van der Waals surface area (Å²) in [5.74, 6) is -0.0509. The Morgan fingerprint density at radius 1 is 1.35 bits per heavy atom. The molecule has 1 N–H and O–H groups in total. The summed E-state index contributed by atoms with van der Waals surface area (Å²) < 4.78 is 0.532. The third-order valence-corrected chi connectivity index (χ3v) is 6.29. The third kappa shape index (κ3) is 4.87. The van der Waals surface area contributed by atoms with Crippen LogP contribution in [0.1, 0.15) is 44.1 Å². The van der Waals surface area contributed by atoms with E-state index >= 15 is 0 Å². The Kier molecular flexibility index (Phi) is 6.73. The molecule has 1 heterocycles. The first-order valence-electron chi connectivity index (χ1n) is 8.84. The molecule has 0 atom stereocenters. The first kappa shape index (κ1) is 19.4. The fraction of sp³-hybridized carbons (Fsp3) is 0.421. The van der Waals surface area contributed by atoms with Crippen LogP contribution in [0.15, 0.2) is 29.2 Å².